The largest absolute Gasteiger partial charge is 0.367 e. The highest BCUT2D eigenvalue weighted by Gasteiger charge is 2.35. The molecule has 2 aliphatic rings. The Morgan fingerprint density at radius 1 is 1.25 bits per heavy atom. The van der Waals surface area contributed by atoms with Gasteiger partial charge in [0.15, 0.2) is 0 Å². The van der Waals surface area contributed by atoms with E-state index in [2.05, 4.69) is 15.0 Å². The van der Waals surface area contributed by atoms with Crippen molar-refractivity contribution in [3.8, 4) is 0 Å². The van der Waals surface area contributed by atoms with Crippen molar-refractivity contribution in [3.63, 3.8) is 0 Å². The number of anilines is 1. The van der Waals surface area contributed by atoms with Gasteiger partial charge in [0.05, 0.1) is 0 Å². The molecule has 1 saturated carbocycles. The first-order chi connectivity index (χ1) is 9.74. The zero-order chi connectivity index (χ0) is 13.9. The summed E-state index contributed by atoms with van der Waals surface area (Å²) in [4.78, 5) is 18.4. The molecule has 20 heavy (non-hydrogen) atoms. The summed E-state index contributed by atoms with van der Waals surface area (Å²) in [6.07, 6.45) is 10.4. The summed E-state index contributed by atoms with van der Waals surface area (Å²) in [7, 11) is 0. The average molecular weight is 277 g/mol. The summed E-state index contributed by atoms with van der Waals surface area (Å²) in [5.74, 6) is 1.09. The van der Waals surface area contributed by atoms with E-state index in [1.165, 1.54) is 43.1 Å². The van der Waals surface area contributed by atoms with Crippen LogP contribution in [0.1, 0.15) is 44.9 Å². The van der Waals surface area contributed by atoms with E-state index in [0.29, 0.717) is 12.0 Å². The van der Waals surface area contributed by atoms with Crippen LogP contribution in [0.5, 0.6) is 0 Å². The van der Waals surface area contributed by atoms with Crippen LogP contribution in [0.25, 0.3) is 0 Å². The highest BCUT2D eigenvalue weighted by Crippen LogP contribution is 2.34. The van der Waals surface area contributed by atoms with Gasteiger partial charge in [0.2, 0.25) is 11.9 Å². The van der Waals surface area contributed by atoms with Crippen LogP contribution >= 0.6 is 0 Å². The number of carbonyl (C=O) groups excluding carboxylic acids is 1. The molecular formula is C14H23N5O. The third kappa shape index (κ3) is 2.78. The van der Waals surface area contributed by atoms with Crippen LogP contribution in [-0.2, 0) is 11.3 Å². The molecule has 1 atom stereocenters. The third-order valence-electron chi connectivity index (χ3n) is 4.67. The van der Waals surface area contributed by atoms with Gasteiger partial charge in [-0.15, -0.1) is 5.10 Å². The number of aromatic nitrogens is 3. The van der Waals surface area contributed by atoms with E-state index in [1.54, 1.807) is 0 Å². The van der Waals surface area contributed by atoms with Crippen LogP contribution < -0.4 is 5.73 Å². The van der Waals surface area contributed by atoms with Gasteiger partial charge in [-0.3, -0.25) is 4.79 Å². The first kappa shape index (κ1) is 13.4. The summed E-state index contributed by atoms with van der Waals surface area (Å²) in [5, 5.41) is 4.00. The number of likely N-dealkylation sites (tertiary alicyclic amines) is 1. The molecule has 1 amide bonds. The SMILES string of the molecule is Nc1ncn(CC(=O)N2CCCC2C2CCCCC2)n1. The van der Waals surface area contributed by atoms with E-state index in [1.807, 2.05) is 0 Å². The highest BCUT2D eigenvalue weighted by molar-refractivity contribution is 5.76. The Hall–Kier alpha value is -1.59. The molecule has 0 spiro atoms. The van der Waals surface area contributed by atoms with Crippen molar-refractivity contribution >= 4 is 11.9 Å². The van der Waals surface area contributed by atoms with Gasteiger partial charge in [-0.1, -0.05) is 19.3 Å². The van der Waals surface area contributed by atoms with Crippen molar-refractivity contribution in [2.24, 2.45) is 5.92 Å². The van der Waals surface area contributed by atoms with Crippen molar-refractivity contribution in [1.29, 1.82) is 0 Å². The fraction of sp³-hybridized carbons (Fsp3) is 0.786. The third-order valence-corrected chi connectivity index (χ3v) is 4.67. The Balaban J connectivity index is 1.63. The Kier molecular flexibility index (Phi) is 3.89. The Labute approximate surface area is 119 Å². The minimum Gasteiger partial charge on any atom is -0.367 e. The van der Waals surface area contributed by atoms with Gasteiger partial charge in [0, 0.05) is 12.6 Å². The molecule has 1 aliphatic heterocycles. The molecular weight excluding hydrogens is 254 g/mol. The first-order valence-corrected chi connectivity index (χ1v) is 7.68. The number of amides is 1. The molecule has 2 heterocycles. The van der Waals surface area contributed by atoms with Crippen molar-refractivity contribution < 1.29 is 4.79 Å². The van der Waals surface area contributed by atoms with Crippen molar-refractivity contribution in [2.45, 2.75) is 57.5 Å². The van der Waals surface area contributed by atoms with Gasteiger partial charge < -0.3 is 10.6 Å². The fourth-order valence-corrected chi connectivity index (χ4v) is 3.73. The van der Waals surface area contributed by atoms with E-state index in [9.17, 15) is 4.79 Å². The molecule has 1 aromatic rings. The lowest BCUT2D eigenvalue weighted by Crippen LogP contribution is -2.42. The van der Waals surface area contributed by atoms with Crippen molar-refractivity contribution in [2.75, 3.05) is 12.3 Å². The van der Waals surface area contributed by atoms with Crippen LogP contribution in [-0.4, -0.2) is 38.2 Å². The number of rotatable bonds is 3. The maximum Gasteiger partial charge on any atom is 0.244 e. The fourth-order valence-electron chi connectivity index (χ4n) is 3.73. The monoisotopic (exact) mass is 277 g/mol. The summed E-state index contributed by atoms with van der Waals surface area (Å²) in [5.41, 5.74) is 5.48. The molecule has 6 nitrogen and oxygen atoms in total. The number of hydrogen-bond acceptors (Lipinski definition) is 4. The van der Waals surface area contributed by atoms with E-state index in [4.69, 9.17) is 5.73 Å². The standard InChI is InChI=1S/C14H23N5O/c15-14-16-10-18(17-14)9-13(20)19-8-4-7-12(19)11-5-2-1-3-6-11/h10-12H,1-9H2,(H2,15,17). The second-order valence-corrected chi connectivity index (χ2v) is 6.00. The van der Waals surface area contributed by atoms with Crippen molar-refractivity contribution in [3.05, 3.63) is 6.33 Å². The summed E-state index contributed by atoms with van der Waals surface area (Å²) >= 11 is 0. The molecule has 1 saturated heterocycles. The molecule has 0 radical (unpaired) electrons. The predicted molar refractivity (Wildman–Crippen MR) is 75.7 cm³/mol. The molecule has 0 bridgehead atoms. The van der Waals surface area contributed by atoms with Gasteiger partial charge in [-0.25, -0.2) is 9.67 Å². The molecule has 110 valence electrons. The molecule has 2 fully saturated rings. The normalized spacial score (nSPS) is 24.2. The van der Waals surface area contributed by atoms with Gasteiger partial charge in [-0.2, -0.15) is 0 Å². The lowest BCUT2D eigenvalue weighted by Gasteiger charge is -2.34. The van der Waals surface area contributed by atoms with Gasteiger partial charge in [-0.05, 0) is 31.6 Å². The first-order valence-electron chi connectivity index (χ1n) is 7.68. The maximum atomic E-state index is 12.5. The Morgan fingerprint density at radius 3 is 2.75 bits per heavy atom. The molecule has 6 heteroatoms. The molecule has 0 aromatic carbocycles. The molecule has 1 aliphatic carbocycles. The van der Waals surface area contributed by atoms with Crippen LogP contribution in [0.15, 0.2) is 6.33 Å². The minimum absolute atomic E-state index is 0.156. The van der Waals surface area contributed by atoms with Crippen LogP contribution in [0, 0.1) is 5.92 Å². The zero-order valence-electron chi connectivity index (χ0n) is 11.9. The highest BCUT2D eigenvalue weighted by atomic mass is 16.2. The zero-order valence-corrected chi connectivity index (χ0v) is 11.9. The quantitative estimate of drug-likeness (QED) is 0.906. The second kappa shape index (κ2) is 5.81. The summed E-state index contributed by atoms with van der Waals surface area (Å²) < 4.78 is 1.54. The minimum atomic E-state index is 0.156. The number of nitrogens with two attached hydrogens (primary N) is 1. The maximum absolute atomic E-state index is 12.5. The molecule has 2 N–H and O–H groups in total. The molecule has 1 unspecified atom stereocenters. The average Bonchev–Trinajstić information content (AvgIpc) is 3.09. The summed E-state index contributed by atoms with van der Waals surface area (Å²) in [6.45, 7) is 1.15. The van der Waals surface area contributed by atoms with E-state index in [-0.39, 0.29) is 18.4 Å². The lowest BCUT2D eigenvalue weighted by atomic mass is 9.83. The van der Waals surface area contributed by atoms with Crippen LogP contribution in [0.4, 0.5) is 5.95 Å². The Bertz CT molecular complexity index is 466. The second-order valence-electron chi connectivity index (χ2n) is 6.00. The lowest BCUT2D eigenvalue weighted by molar-refractivity contribution is -0.134. The van der Waals surface area contributed by atoms with E-state index < -0.39 is 0 Å². The van der Waals surface area contributed by atoms with Crippen LogP contribution in [0.2, 0.25) is 0 Å². The number of nitrogen functional groups attached to an aromatic ring is 1. The molecule has 3 rings (SSSR count). The topological polar surface area (TPSA) is 77.0 Å². The predicted octanol–water partition coefficient (Wildman–Crippen LogP) is 1.43. The van der Waals surface area contributed by atoms with Gasteiger partial charge in [0.1, 0.15) is 12.9 Å². The smallest absolute Gasteiger partial charge is 0.244 e. The van der Waals surface area contributed by atoms with Gasteiger partial charge >= 0.3 is 0 Å². The Morgan fingerprint density at radius 2 is 2.05 bits per heavy atom. The van der Waals surface area contributed by atoms with Gasteiger partial charge in [0.25, 0.3) is 0 Å². The van der Waals surface area contributed by atoms with E-state index in [0.717, 1.165) is 19.4 Å². The number of carbonyl (C=O) groups is 1. The van der Waals surface area contributed by atoms with Crippen LogP contribution in [0.3, 0.4) is 0 Å². The van der Waals surface area contributed by atoms with Crippen molar-refractivity contribution in [1.82, 2.24) is 19.7 Å². The molecule has 1 aromatic heterocycles. The summed E-state index contributed by atoms with van der Waals surface area (Å²) in [6, 6.07) is 0.448. The number of hydrogen-bond donors (Lipinski definition) is 1. The van der Waals surface area contributed by atoms with E-state index >= 15 is 0 Å². The number of nitrogens with zero attached hydrogens (tertiary/aromatic N) is 4.